The zero-order valence-electron chi connectivity index (χ0n) is 27.8. The number of aliphatic hydroxyl groups excluding tert-OH is 1. The van der Waals surface area contributed by atoms with Gasteiger partial charge in [0.1, 0.15) is 0 Å². The lowest BCUT2D eigenvalue weighted by Gasteiger charge is -2.47. The Morgan fingerprint density at radius 1 is 0.909 bits per heavy atom. The maximum absolute atomic E-state index is 14.4. The van der Waals surface area contributed by atoms with Gasteiger partial charge in [0, 0.05) is 12.1 Å². The van der Waals surface area contributed by atoms with Crippen molar-refractivity contribution in [2.24, 2.45) is 59.0 Å². The van der Waals surface area contributed by atoms with Gasteiger partial charge in [0.25, 0.3) is 0 Å². The fourth-order valence-electron chi connectivity index (χ4n) is 10.7. The maximum Gasteiger partial charge on any atom is 0.392 e. The Bertz CT molecular complexity index is 886. The highest BCUT2D eigenvalue weighted by Crippen LogP contribution is 2.50. The van der Waals surface area contributed by atoms with Crippen molar-refractivity contribution in [1.82, 2.24) is 10.2 Å². The first-order valence-electron chi connectivity index (χ1n) is 18.6. The Labute approximate surface area is 266 Å². The molecule has 5 aliphatic rings. The van der Waals surface area contributed by atoms with Gasteiger partial charge in [-0.25, -0.2) is 0 Å². The van der Waals surface area contributed by atoms with Gasteiger partial charge in [0.05, 0.1) is 18.2 Å². The molecule has 5 rings (SSSR count). The highest BCUT2D eigenvalue weighted by molar-refractivity contribution is 5.00. The summed E-state index contributed by atoms with van der Waals surface area (Å²) in [7, 11) is 0. The molecule has 10 unspecified atom stereocenters. The normalized spacial score (nSPS) is 41.3. The zero-order chi connectivity index (χ0) is 31.4. The van der Waals surface area contributed by atoms with E-state index in [2.05, 4.69) is 30.6 Å². The summed E-state index contributed by atoms with van der Waals surface area (Å²) in [5, 5.41) is 15.1. The first-order chi connectivity index (χ1) is 21.0. The minimum Gasteiger partial charge on any atom is -0.393 e. The topological polar surface area (TPSA) is 61.5 Å². The fraction of sp³-hybridized carbons (Fsp3) is 0.946. The Morgan fingerprint density at radius 3 is 2.30 bits per heavy atom. The average molecular weight is 624 g/mol. The smallest absolute Gasteiger partial charge is 0.392 e. The van der Waals surface area contributed by atoms with Crippen LogP contribution < -0.4 is 11.1 Å². The van der Waals surface area contributed by atoms with Crippen molar-refractivity contribution in [2.45, 2.75) is 154 Å². The van der Waals surface area contributed by atoms with Crippen LogP contribution in [0.3, 0.4) is 0 Å². The molecule has 0 bridgehead atoms. The lowest BCUT2D eigenvalue weighted by molar-refractivity contribution is -0.204. The summed E-state index contributed by atoms with van der Waals surface area (Å²) in [5.41, 5.74) is 7.24. The first-order valence-corrected chi connectivity index (χ1v) is 18.6. The van der Waals surface area contributed by atoms with E-state index in [9.17, 15) is 18.3 Å². The van der Waals surface area contributed by atoms with Crippen LogP contribution in [0.2, 0.25) is 0 Å². The number of hydrogen-bond donors (Lipinski definition) is 3. The van der Waals surface area contributed by atoms with Crippen molar-refractivity contribution in [3.8, 4) is 0 Å². The highest BCUT2D eigenvalue weighted by atomic mass is 19.4. The molecule has 0 aromatic carbocycles. The van der Waals surface area contributed by atoms with Crippen LogP contribution in [0.4, 0.5) is 13.2 Å². The van der Waals surface area contributed by atoms with Gasteiger partial charge in [0.2, 0.25) is 0 Å². The standard InChI is InChI=1S/C37H64F3N3O/c1-4-5-31-14-15-34(28-16-18-42-19-17-28)43(31)36(41)32-23-30(12-8-25(32)3)35(44)22-27-11-13-29(33(21-27)37(38,39)40)20-26-9-6-24(2)7-10-26/h4,24-36,42,44H,1,5-23,41H2,2-3H3. The number of nitrogens with one attached hydrogen (secondary N) is 1. The average Bonchev–Trinajstić information content (AvgIpc) is 3.42. The van der Waals surface area contributed by atoms with Crippen LogP contribution in [0, 0.1) is 53.3 Å². The molecule has 3 aliphatic carbocycles. The number of halogens is 3. The Balaban J connectivity index is 1.19. The monoisotopic (exact) mass is 624 g/mol. The van der Waals surface area contributed by atoms with E-state index < -0.39 is 18.2 Å². The predicted molar refractivity (Wildman–Crippen MR) is 174 cm³/mol. The molecule has 2 saturated heterocycles. The van der Waals surface area contributed by atoms with Crippen LogP contribution in [0.1, 0.15) is 123 Å². The van der Waals surface area contributed by atoms with E-state index in [1.54, 1.807) is 0 Å². The van der Waals surface area contributed by atoms with Crippen LogP contribution in [0.15, 0.2) is 12.7 Å². The summed E-state index contributed by atoms with van der Waals surface area (Å²) in [6.07, 6.45) is 13.4. The Morgan fingerprint density at radius 2 is 1.61 bits per heavy atom. The van der Waals surface area contributed by atoms with Crippen molar-refractivity contribution in [2.75, 3.05) is 13.1 Å². The predicted octanol–water partition coefficient (Wildman–Crippen LogP) is 8.29. The second-order valence-corrected chi connectivity index (χ2v) is 16.3. The molecule has 4 nitrogen and oxygen atoms in total. The van der Waals surface area contributed by atoms with Crippen LogP contribution in [-0.2, 0) is 0 Å². The molecule has 4 N–H and O–H groups in total. The van der Waals surface area contributed by atoms with Crippen molar-refractivity contribution >= 4 is 0 Å². The van der Waals surface area contributed by atoms with Crippen LogP contribution in [0.5, 0.6) is 0 Å². The third-order valence-corrected chi connectivity index (χ3v) is 13.5. The lowest BCUT2D eigenvalue weighted by atomic mass is 9.66. The molecule has 44 heavy (non-hydrogen) atoms. The van der Waals surface area contributed by atoms with Crippen LogP contribution >= 0.6 is 0 Å². The van der Waals surface area contributed by atoms with E-state index in [0.717, 1.165) is 70.4 Å². The van der Waals surface area contributed by atoms with Crippen molar-refractivity contribution < 1.29 is 18.3 Å². The Hall–Kier alpha value is -0.630. The number of alkyl halides is 3. The maximum atomic E-state index is 14.4. The molecule has 2 aliphatic heterocycles. The van der Waals surface area contributed by atoms with Gasteiger partial charge >= 0.3 is 6.18 Å². The van der Waals surface area contributed by atoms with E-state index in [4.69, 9.17) is 5.73 Å². The van der Waals surface area contributed by atoms with Crippen molar-refractivity contribution in [3.63, 3.8) is 0 Å². The molecule has 3 saturated carbocycles. The molecule has 0 aromatic rings. The molecule has 254 valence electrons. The number of aliphatic hydroxyl groups is 1. The third kappa shape index (κ3) is 8.44. The molecule has 0 spiro atoms. The third-order valence-electron chi connectivity index (χ3n) is 13.5. The molecule has 0 aromatic heterocycles. The van der Waals surface area contributed by atoms with E-state index in [1.165, 1.54) is 38.5 Å². The number of likely N-dealkylation sites (tertiary alicyclic amines) is 1. The SMILES string of the molecule is C=CCC1CCC(C2CCNCC2)N1C(N)C1CC(C(O)CC2CCC(CC3CCC(C)CC3)C(C(F)(F)F)C2)CCC1C. The first kappa shape index (κ1) is 34.7. The van der Waals surface area contributed by atoms with Gasteiger partial charge < -0.3 is 16.2 Å². The summed E-state index contributed by atoms with van der Waals surface area (Å²) >= 11 is 0. The molecular weight excluding hydrogens is 559 g/mol. The van der Waals surface area contributed by atoms with Crippen LogP contribution in [-0.4, -0.2) is 53.6 Å². The molecule has 0 amide bonds. The number of nitrogens with zero attached hydrogens (tertiary/aromatic N) is 1. The van der Waals surface area contributed by atoms with Crippen LogP contribution in [0.25, 0.3) is 0 Å². The van der Waals surface area contributed by atoms with Crippen molar-refractivity contribution in [3.05, 3.63) is 12.7 Å². The quantitative estimate of drug-likeness (QED) is 0.214. The number of piperidine rings is 1. The minimum atomic E-state index is -4.14. The summed E-state index contributed by atoms with van der Waals surface area (Å²) in [4.78, 5) is 2.66. The van der Waals surface area contributed by atoms with E-state index in [0.29, 0.717) is 48.6 Å². The summed E-state index contributed by atoms with van der Waals surface area (Å²) in [6.45, 7) is 10.8. The van der Waals surface area contributed by atoms with E-state index in [1.807, 2.05) is 6.08 Å². The van der Waals surface area contributed by atoms with Gasteiger partial charge in [-0.05, 0) is 137 Å². The highest BCUT2D eigenvalue weighted by Gasteiger charge is 2.49. The van der Waals surface area contributed by atoms with Gasteiger partial charge in [0.15, 0.2) is 0 Å². The van der Waals surface area contributed by atoms with Gasteiger partial charge in [-0.15, -0.1) is 6.58 Å². The van der Waals surface area contributed by atoms with Gasteiger partial charge in [-0.2, -0.15) is 13.2 Å². The van der Waals surface area contributed by atoms with Crippen molar-refractivity contribution in [1.29, 1.82) is 0 Å². The number of nitrogens with two attached hydrogens (primary N) is 1. The number of hydrogen-bond acceptors (Lipinski definition) is 4. The minimum absolute atomic E-state index is 0.0365. The summed E-state index contributed by atoms with van der Waals surface area (Å²) < 4.78 is 43.1. The largest absolute Gasteiger partial charge is 0.393 e. The zero-order valence-corrected chi connectivity index (χ0v) is 27.8. The van der Waals surface area contributed by atoms with E-state index >= 15 is 0 Å². The second-order valence-electron chi connectivity index (χ2n) is 16.3. The lowest BCUT2D eigenvalue weighted by Crippen LogP contribution is -2.57. The molecule has 7 heteroatoms. The Kier molecular flexibility index (Phi) is 12.2. The molecule has 10 atom stereocenters. The molecule has 0 radical (unpaired) electrons. The number of rotatable bonds is 10. The second kappa shape index (κ2) is 15.5. The molecule has 5 fully saturated rings. The fourth-order valence-corrected chi connectivity index (χ4v) is 10.7. The van der Waals surface area contributed by atoms with Gasteiger partial charge in [-0.1, -0.05) is 52.0 Å². The van der Waals surface area contributed by atoms with Gasteiger partial charge in [-0.3, -0.25) is 4.90 Å². The summed E-state index contributed by atoms with van der Waals surface area (Å²) in [5.74, 6) is 1.30. The van der Waals surface area contributed by atoms with E-state index in [-0.39, 0.29) is 30.3 Å². The summed E-state index contributed by atoms with van der Waals surface area (Å²) in [6, 6.07) is 0.951. The molecular formula is C37H64F3N3O. The molecule has 2 heterocycles.